The van der Waals surface area contributed by atoms with Gasteiger partial charge in [-0.15, -0.1) is 15.7 Å². The quantitative estimate of drug-likeness (QED) is 0.667. The highest BCUT2D eigenvalue weighted by atomic mass is 79.9. The molecule has 0 spiro atoms. The molecule has 0 unspecified atom stereocenters. The second-order valence-corrected chi connectivity index (χ2v) is 8.86. The number of aromatic nitrogens is 1. The molecule has 3 aromatic rings. The van der Waals surface area contributed by atoms with Crippen molar-refractivity contribution in [2.75, 3.05) is 0 Å². The van der Waals surface area contributed by atoms with Gasteiger partial charge in [0.1, 0.15) is 4.21 Å². The Bertz CT molecular complexity index is 953. The van der Waals surface area contributed by atoms with Crippen LogP contribution in [0.25, 0.3) is 10.2 Å². The summed E-state index contributed by atoms with van der Waals surface area (Å²) in [7, 11) is -3.65. The molecular formula is C13H11BrN2O2S3. The summed E-state index contributed by atoms with van der Waals surface area (Å²) < 4.78 is 32.8. The molecule has 0 bridgehead atoms. The Morgan fingerprint density at radius 2 is 2.10 bits per heavy atom. The molecule has 0 aliphatic heterocycles. The maximum atomic E-state index is 12.3. The van der Waals surface area contributed by atoms with Gasteiger partial charge >= 0.3 is 0 Å². The molecule has 0 fully saturated rings. The van der Waals surface area contributed by atoms with Crippen LogP contribution in [-0.2, 0) is 16.6 Å². The third kappa shape index (κ3) is 2.73. The summed E-state index contributed by atoms with van der Waals surface area (Å²) in [4.78, 5) is 0.493. The molecule has 0 atom stereocenters. The van der Waals surface area contributed by atoms with E-state index in [0.717, 1.165) is 14.7 Å². The number of thiophene rings is 1. The summed E-state index contributed by atoms with van der Waals surface area (Å²) in [5.41, 5.74) is 0.977. The van der Waals surface area contributed by atoms with Gasteiger partial charge in [0, 0.05) is 11.0 Å². The lowest BCUT2D eigenvalue weighted by Gasteiger charge is -2.02. The molecule has 1 aromatic carbocycles. The highest BCUT2D eigenvalue weighted by molar-refractivity contribution is 9.10. The number of sulfonamides is 1. The zero-order valence-corrected chi connectivity index (χ0v) is 15.0. The summed E-state index contributed by atoms with van der Waals surface area (Å²) in [6.45, 7) is 2.63. The fourth-order valence-corrected chi connectivity index (χ4v) is 6.01. The monoisotopic (exact) mass is 402 g/mol. The van der Waals surface area contributed by atoms with Gasteiger partial charge in [0.2, 0.25) is 4.80 Å². The minimum atomic E-state index is -3.65. The Balaban J connectivity index is 2.31. The second-order valence-electron chi connectivity index (χ2n) is 4.21. The molecule has 0 saturated heterocycles. The van der Waals surface area contributed by atoms with Crippen molar-refractivity contribution in [2.45, 2.75) is 17.7 Å². The minimum Gasteiger partial charge on any atom is -0.315 e. The van der Waals surface area contributed by atoms with E-state index in [1.165, 1.54) is 22.7 Å². The Morgan fingerprint density at radius 3 is 2.76 bits per heavy atom. The molecular weight excluding hydrogens is 392 g/mol. The van der Waals surface area contributed by atoms with E-state index in [-0.39, 0.29) is 4.21 Å². The van der Waals surface area contributed by atoms with E-state index in [2.05, 4.69) is 20.3 Å². The smallest absolute Gasteiger partial charge is 0.294 e. The second kappa shape index (κ2) is 5.68. The van der Waals surface area contributed by atoms with Crippen LogP contribution in [0.5, 0.6) is 0 Å². The maximum Gasteiger partial charge on any atom is 0.294 e. The number of benzene rings is 1. The largest absolute Gasteiger partial charge is 0.315 e. The van der Waals surface area contributed by atoms with Crippen LogP contribution in [0, 0.1) is 0 Å². The van der Waals surface area contributed by atoms with Crippen LogP contribution < -0.4 is 4.80 Å². The SMILES string of the molecule is CCn1c(=NS(=O)(=O)c2cccs2)sc2cccc(Br)c21. The minimum absolute atomic E-state index is 0.265. The first kappa shape index (κ1) is 15.0. The van der Waals surface area contributed by atoms with Crippen LogP contribution in [0.3, 0.4) is 0 Å². The van der Waals surface area contributed by atoms with Crippen LogP contribution in [0.1, 0.15) is 6.92 Å². The number of aryl methyl sites for hydroxylation is 1. The number of para-hydroxylation sites is 1. The van der Waals surface area contributed by atoms with E-state index in [9.17, 15) is 8.42 Å². The number of thiazole rings is 1. The molecule has 0 N–H and O–H groups in total. The summed E-state index contributed by atoms with van der Waals surface area (Å²) in [6, 6.07) is 9.12. The summed E-state index contributed by atoms with van der Waals surface area (Å²) in [5, 5.41) is 1.73. The van der Waals surface area contributed by atoms with Gasteiger partial charge in [-0.1, -0.05) is 23.5 Å². The molecule has 21 heavy (non-hydrogen) atoms. The summed E-state index contributed by atoms with van der Waals surface area (Å²) in [5.74, 6) is 0. The van der Waals surface area contributed by atoms with Crippen molar-refractivity contribution in [1.82, 2.24) is 4.57 Å². The molecule has 0 amide bonds. The van der Waals surface area contributed by atoms with Crippen LogP contribution in [0.2, 0.25) is 0 Å². The zero-order chi connectivity index (χ0) is 15.0. The normalized spacial score (nSPS) is 13.1. The number of fused-ring (bicyclic) bond motifs is 1. The van der Waals surface area contributed by atoms with E-state index >= 15 is 0 Å². The topological polar surface area (TPSA) is 51.4 Å². The lowest BCUT2D eigenvalue weighted by atomic mass is 10.3. The molecule has 2 aromatic heterocycles. The molecule has 3 rings (SSSR count). The van der Waals surface area contributed by atoms with Crippen molar-refractivity contribution < 1.29 is 8.42 Å². The third-order valence-electron chi connectivity index (χ3n) is 2.92. The summed E-state index contributed by atoms with van der Waals surface area (Å²) in [6.07, 6.45) is 0. The molecule has 110 valence electrons. The highest BCUT2D eigenvalue weighted by Crippen LogP contribution is 2.26. The fourth-order valence-electron chi connectivity index (χ4n) is 2.01. The molecule has 0 aliphatic carbocycles. The van der Waals surface area contributed by atoms with Gasteiger partial charge in [-0.05, 0) is 46.4 Å². The number of hydrogen-bond donors (Lipinski definition) is 0. The average Bonchev–Trinajstić information content (AvgIpc) is 3.05. The van der Waals surface area contributed by atoms with Gasteiger partial charge in [0.25, 0.3) is 10.0 Å². The Hall–Kier alpha value is -0.960. The Kier molecular flexibility index (Phi) is 4.04. The highest BCUT2D eigenvalue weighted by Gasteiger charge is 2.15. The van der Waals surface area contributed by atoms with Gasteiger partial charge < -0.3 is 4.57 Å². The molecule has 4 nitrogen and oxygen atoms in total. The van der Waals surface area contributed by atoms with Crippen LogP contribution in [0.15, 0.2) is 48.8 Å². The Labute approximate surface area is 138 Å². The van der Waals surface area contributed by atoms with Crippen LogP contribution in [-0.4, -0.2) is 13.0 Å². The van der Waals surface area contributed by atoms with Crippen molar-refractivity contribution in [1.29, 1.82) is 0 Å². The van der Waals surface area contributed by atoms with Gasteiger partial charge in [-0.25, -0.2) is 0 Å². The Morgan fingerprint density at radius 1 is 1.29 bits per heavy atom. The van der Waals surface area contributed by atoms with E-state index in [1.807, 2.05) is 29.7 Å². The lowest BCUT2D eigenvalue weighted by Crippen LogP contribution is -2.16. The fraction of sp³-hybridized carbons (Fsp3) is 0.154. The first-order valence-electron chi connectivity index (χ1n) is 6.15. The van der Waals surface area contributed by atoms with Crippen molar-refractivity contribution in [3.05, 3.63) is 45.0 Å². The van der Waals surface area contributed by atoms with Crippen LogP contribution >= 0.6 is 38.6 Å². The number of rotatable bonds is 3. The van der Waals surface area contributed by atoms with Crippen LogP contribution in [0.4, 0.5) is 0 Å². The number of hydrogen-bond acceptors (Lipinski definition) is 4. The van der Waals surface area contributed by atoms with Gasteiger partial charge in [-0.2, -0.15) is 8.42 Å². The van der Waals surface area contributed by atoms with E-state index in [4.69, 9.17) is 0 Å². The third-order valence-corrected chi connectivity index (χ3v) is 7.35. The number of nitrogens with zero attached hydrogens (tertiary/aromatic N) is 2. The van der Waals surface area contributed by atoms with Gasteiger partial charge in [-0.3, -0.25) is 0 Å². The van der Waals surface area contributed by atoms with Crippen molar-refractivity contribution in [3.63, 3.8) is 0 Å². The predicted molar refractivity (Wildman–Crippen MR) is 90.3 cm³/mol. The van der Waals surface area contributed by atoms with Gasteiger partial charge in [0.15, 0.2) is 0 Å². The van der Waals surface area contributed by atoms with E-state index < -0.39 is 10.0 Å². The molecule has 8 heteroatoms. The molecule has 0 aliphatic rings. The average molecular weight is 403 g/mol. The maximum absolute atomic E-state index is 12.3. The van der Waals surface area contributed by atoms with E-state index in [0.29, 0.717) is 11.3 Å². The number of halogens is 1. The van der Waals surface area contributed by atoms with Crippen molar-refractivity contribution >= 4 is 58.8 Å². The standard InChI is InChI=1S/C13H11BrN2O2S3/c1-2-16-12-9(14)5-3-6-10(12)20-13(16)15-21(17,18)11-7-4-8-19-11/h3-8H,2H2,1H3. The first-order valence-corrected chi connectivity index (χ1v) is 10.1. The van der Waals surface area contributed by atoms with Gasteiger partial charge in [0.05, 0.1) is 10.2 Å². The zero-order valence-electron chi connectivity index (χ0n) is 11.0. The molecule has 2 heterocycles. The van der Waals surface area contributed by atoms with E-state index in [1.54, 1.807) is 17.5 Å². The van der Waals surface area contributed by atoms with Crippen molar-refractivity contribution in [3.8, 4) is 0 Å². The molecule has 0 saturated carbocycles. The molecule has 0 radical (unpaired) electrons. The predicted octanol–water partition coefficient (Wildman–Crippen LogP) is 3.84. The first-order chi connectivity index (χ1) is 10.0. The lowest BCUT2D eigenvalue weighted by molar-refractivity contribution is 0.597. The summed E-state index contributed by atoms with van der Waals surface area (Å²) >= 11 is 6.07. The van der Waals surface area contributed by atoms with Crippen molar-refractivity contribution in [2.24, 2.45) is 4.40 Å².